The molecule has 11 rings (SSSR count). The predicted molar refractivity (Wildman–Crippen MR) is 368 cm³/mol. The van der Waals surface area contributed by atoms with Gasteiger partial charge in [0.25, 0.3) is 5.91 Å². The monoisotopic (exact) mass is 1130 g/mol. The summed E-state index contributed by atoms with van der Waals surface area (Å²) in [6.07, 6.45) is 14.7. The highest BCUT2D eigenvalue weighted by Crippen LogP contribution is 2.44. The average Bonchev–Trinajstić information content (AvgIpc) is 1.69. The molecule has 0 spiro atoms. The molecule has 6 nitrogen and oxygen atoms in total. The van der Waals surface area contributed by atoms with Crippen molar-refractivity contribution in [1.29, 1.82) is 0 Å². The highest BCUT2D eigenvalue weighted by atomic mass is 16.1. The molecule has 0 unspecified atom stereocenters. The molecule has 86 heavy (non-hydrogen) atoms. The molecule has 3 aromatic heterocycles. The third-order valence-corrected chi connectivity index (χ3v) is 17.1. The molecule has 8 bridgehead atoms. The van der Waals surface area contributed by atoms with E-state index in [9.17, 15) is 4.79 Å². The standard InChI is InChI=1S/C80H85N5O/c1-75(2,3)55-39-52(40-56(45-55)76(4,5)6)71-64-33-31-62(82-64)70(50-23-25-51(26-24-50)74(86)81-61-29-27-49(28-30-61)48-21-19-20-22-48)63-32-34-65(83-63)72(53-41-57(77(7,8)9)46-58(42-53)78(10,11)12)67-36-38-69(85-67)73(68-37-35-66(71)84-68)54-43-59(79(13,14)15)47-60(44-54)80(16,17)18/h19-21,23-47,82,85H,1-18H3,(H,81,86). The predicted octanol–water partition coefficient (Wildman–Crippen LogP) is 21.5. The SMILES string of the molecule is CC(C)(C)c1cc(-c2c3nc(c(-c4cc(C(C)(C)C)cc(C(C)(C)C)c4)c4ccc([nH]4)c(-c4cc(C(C)(C)C)cc(C(C)(C)C)c4)c4nc(c(-c5ccc(C(=O)Nc6ccc(C7=C=CC=C7)cc6)cc5)c5ccc2[nH]5)C=C4)C=C3)cc(C(C)(C)C)c1. The van der Waals surface area contributed by atoms with Gasteiger partial charge >= 0.3 is 0 Å². The number of fused-ring (bicyclic) bond motifs is 8. The van der Waals surface area contributed by atoms with Crippen molar-refractivity contribution in [2.24, 2.45) is 0 Å². The molecule has 0 saturated heterocycles. The summed E-state index contributed by atoms with van der Waals surface area (Å²) in [5.74, 6) is -0.190. The highest BCUT2D eigenvalue weighted by Gasteiger charge is 2.28. The molecule has 1 amide bonds. The van der Waals surface area contributed by atoms with Crippen LogP contribution in [0.1, 0.15) is 197 Å². The lowest BCUT2D eigenvalue weighted by atomic mass is 9.78. The van der Waals surface area contributed by atoms with Gasteiger partial charge in [-0.25, -0.2) is 9.97 Å². The maximum atomic E-state index is 14.0. The fraction of sp³-hybridized carbons (Fsp3) is 0.300. The zero-order valence-electron chi connectivity index (χ0n) is 54.0. The minimum Gasteiger partial charge on any atom is -0.354 e. The van der Waals surface area contributed by atoms with Crippen LogP contribution in [0, 0.1) is 0 Å². The lowest BCUT2D eigenvalue weighted by Crippen LogP contribution is -2.16. The Hall–Kier alpha value is -8.57. The molecule has 3 N–H and O–H groups in total. The molecular weight excluding hydrogens is 1050 g/mol. The van der Waals surface area contributed by atoms with E-state index in [1.54, 1.807) is 0 Å². The summed E-state index contributed by atoms with van der Waals surface area (Å²) in [5.41, 5.74) is 28.7. The second-order valence-electron chi connectivity index (χ2n) is 30.1. The number of aromatic nitrogens is 4. The first-order valence-electron chi connectivity index (χ1n) is 30.6. The van der Waals surface area contributed by atoms with E-state index in [-0.39, 0.29) is 38.4 Å². The number of carbonyl (C=O) groups excluding carboxylic acids is 1. The number of nitrogens with zero attached hydrogens (tertiary/aromatic N) is 2. The summed E-state index contributed by atoms with van der Waals surface area (Å²) >= 11 is 0. The van der Waals surface area contributed by atoms with Gasteiger partial charge in [0.05, 0.1) is 22.8 Å². The Kier molecular flexibility index (Phi) is 14.7. The number of aromatic amines is 2. The van der Waals surface area contributed by atoms with Crippen molar-refractivity contribution in [3.8, 4) is 44.5 Å². The molecule has 3 aliphatic rings. The van der Waals surface area contributed by atoms with E-state index in [0.29, 0.717) is 5.56 Å². The van der Waals surface area contributed by atoms with Crippen LogP contribution in [0.5, 0.6) is 0 Å². The highest BCUT2D eigenvalue weighted by molar-refractivity contribution is 6.05. The van der Waals surface area contributed by atoms with Crippen molar-refractivity contribution in [1.82, 2.24) is 19.9 Å². The summed E-state index contributed by atoms with van der Waals surface area (Å²) < 4.78 is 0. The van der Waals surface area contributed by atoms with Crippen LogP contribution in [0.4, 0.5) is 5.69 Å². The minimum atomic E-state index is -0.190. The maximum Gasteiger partial charge on any atom is 0.255 e. The fourth-order valence-corrected chi connectivity index (χ4v) is 11.6. The number of anilines is 1. The van der Waals surface area contributed by atoms with Gasteiger partial charge in [0.15, 0.2) is 0 Å². The lowest BCUT2D eigenvalue weighted by molar-refractivity contribution is 0.102. The molecule has 0 radical (unpaired) electrons. The van der Waals surface area contributed by atoms with Crippen molar-refractivity contribution in [2.75, 3.05) is 5.32 Å². The van der Waals surface area contributed by atoms with Crippen molar-refractivity contribution in [3.63, 3.8) is 0 Å². The molecule has 8 aromatic rings. The van der Waals surface area contributed by atoms with Gasteiger partial charge in [-0.1, -0.05) is 210 Å². The van der Waals surface area contributed by atoms with Crippen molar-refractivity contribution < 1.29 is 4.79 Å². The van der Waals surface area contributed by atoms with E-state index in [1.165, 1.54) is 33.4 Å². The van der Waals surface area contributed by atoms with Gasteiger partial charge in [-0.05, 0) is 179 Å². The number of carbonyl (C=O) groups is 1. The minimum absolute atomic E-state index is 0.121. The fourth-order valence-electron chi connectivity index (χ4n) is 11.6. The molecule has 0 atom stereocenters. The number of hydrogen-bond acceptors (Lipinski definition) is 3. The Balaban J connectivity index is 1.24. The van der Waals surface area contributed by atoms with Crippen molar-refractivity contribution in [2.45, 2.75) is 157 Å². The van der Waals surface area contributed by atoms with E-state index in [1.807, 2.05) is 66.8 Å². The van der Waals surface area contributed by atoms with Gasteiger partial charge in [0.2, 0.25) is 0 Å². The third kappa shape index (κ3) is 12.0. The molecule has 436 valence electrons. The zero-order chi connectivity index (χ0) is 61.6. The average molecular weight is 1130 g/mol. The molecule has 5 heterocycles. The Bertz CT molecular complexity index is 4210. The number of nitrogens with one attached hydrogen (secondary N) is 3. The summed E-state index contributed by atoms with van der Waals surface area (Å²) in [6, 6.07) is 46.1. The Labute approximate surface area is 511 Å². The molecular formula is C80H85N5O. The molecule has 2 aliphatic heterocycles. The summed E-state index contributed by atoms with van der Waals surface area (Å²) in [5, 5.41) is 3.13. The van der Waals surface area contributed by atoms with Gasteiger partial charge in [-0.15, -0.1) is 5.73 Å². The van der Waals surface area contributed by atoms with Crippen LogP contribution in [-0.4, -0.2) is 25.8 Å². The first-order chi connectivity index (χ1) is 40.3. The van der Waals surface area contributed by atoms with Gasteiger partial charge in [0, 0.05) is 61.1 Å². The molecule has 5 aromatic carbocycles. The number of benzene rings is 5. The van der Waals surface area contributed by atoms with E-state index in [2.05, 4.69) is 249 Å². The number of amides is 1. The van der Waals surface area contributed by atoms with Crippen LogP contribution in [0.25, 0.3) is 96.5 Å². The van der Waals surface area contributed by atoms with Gasteiger partial charge in [0.1, 0.15) is 0 Å². The molecule has 6 heteroatoms. The van der Waals surface area contributed by atoms with Crippen LogP contribution < -0.4 is 5.32 Å². The Morgan fingerprint density at radius 1 is 0.360 bits per heavy atom. The van der Waals surface area contributed by atoms with Crippen LogP contribution >= 0.6 is 0 Å². The second kappa shape index (κ2) is 21.4. The van der Waals surface area contributed by atoms with E-state index >= 15 is 0 Å². The molecule has 0 fully saturated rings. The van der Waals surface area contributed by atoms with Gasteiger partial charge in [-0.3, -0.25) is 4.79 Å². The van der Waals surface area contributed by atoms with Gasteiger partial charge < -0.3 is 15.3 Å². The second-order valence-corrected chi connectivity index (χ2v) is 30.1. The largest absolute Gasteiger partial charge is 0.354 e. The van der Waals surface area contributed by atoms with Gasteiger partial charge in [-0.2, -0.15) is 0 Å². The topological polar surface area (TPSA) is 86.5 Å². The Morgan fingerprint density at radius 2 is 0.663 bits per heavy atom. The smallest absolute Gasteiger partial charge is 0.255 e. The number of allylic oxidation sites excluding steroid dienone is 3. The number of hydrogen-bond donors (Lipinski definition) is 3. The normalized spacial score (nSPS) is 13.7. The summed E-state index contributed by atoms with van der Waals surface area (Å²) in [6.45, 7) is 41.4. The summed E-state index contributed by atoms with van der Waals surface area (Å²) in [7, 11) is 0. The number of rotatable bonds is 7. The Morgan fingerprint density at radius 3 is 0.953 bits per heavy atom. The van der Waals surface area contributed by atoms with Crippen molar-refractivity contribution >= 4 is 63.5 Å². The van der Waals surface area contributed by atoms with Crippen LogP contribution in [0.3, 0.4) is 0 Å². The van der Waals surface area contributed by atoms with Crippen LogP contribution in [0.2, 0.25) is 0 Å². The zero-order valence-corrected chi connectivity index (χ0v) is 54.0. The molecule has 0 saturated carbocycles. The van der Waals surface area contributed by atoms with Crippen LogP contribution in [-0.2, 0) is 32.5 Å². The summed E-state index contributed by atoms with van der Waals surface area (Å²) in [4.78, 5) is 33.7. The maximum absolute atomic E-state index is 14.0. The van der Waals surface area contributed by atoms with E-state index in [0.717, 1.165) is 106 Å². The third-order valence-electron chi connectivity index (χ3n) is 17.1. The van der Waals surface area contributed by atoms with E-state index < -0.39 is 0 Å². The van der Waals surface area contributed by atoms with E-state index in [4.69, 9.17) is 9.97 Å². The first kappa shape index (κ1) is 59.2. The molecule has 1 aliphatic carbocycles. The number of H-pyrrole nitrogens is 2. The lowest BCUT2D eigenvalue weighted by Gasteiger charge is -2.26. The van der Waals surface area contributed by atoms with Crippen molar-refractivity contribution in [3.05, 3.63) is 219 Å². The van der Waals surface area contributed by atoms with Crippen LogP contribution in [0.15, 0.2) is 151 Å². The first-order valence-corrected chi connectivity index (χ1v) is 30.6. The quantitative estimate of drug-likeness (QED) is 0.139.